The Labute approximate surface area is 190 Å². The van der Waals surface area contributed by atoms with E-state index in [4.69, 9.17) is 9.72 Å². The van der Waals surface area contributed by atoms with Crippen molar-refractivity contribution in [1.82, 2.24) is 25.7 Å². The monoisotopic (exact) mass is 438 g/mol. The number of methoxy groups -OCH3 is 1. The second-order valence-electron chi connectivity index (χ2n) is 9.21. The molecule has 2 aromatic rings. The van der Waals surface area contributed by atoms with Gasteiger partial charge in [-0.3, -0.25) is 10.2 Å². The van der Waals surface area contributed by atoms with E-state index < -0.39 is 0 Å². The van der Waals surface area contributed by atoms with Crippen LogP contribution in [0.1, 0.15) is 44.8 Å². The molecule has 3 atom stereocenters. The normalized spacial score (nSPS) is 23.1. The maximum atomic E-state index is 13.5. The summed E-state index contributed by atoms with van der Waals surface area (Å²) in [4.78, 5) is 26.9. The van der Waals surface area contributed by atoms with Gasteiger partial charge in [-0.1, -0.05) is 26.0 Å². The first-order chi connectivity index (χ1) is 15.4. The van der Waals surface area contributed by atoms with Crippen LogP contribution in [0.15, 0.2) is 30.5 Å². The number of rotatable bonds is 6. The van der Waals surface area contributed by atoms with Gasteiger partial charge >= 0.3 is 0 Å². The lowest BCUT2D eigenvalue weighted by molar-refractivity contribution is -0.134. The molecule has 2 fully saturated rings. The SMILES string of the molecule is COc1cccc(-c2cnc(N(C)C)nc2C2CCCN2C(=O)C2CC(C(C)C)NN2)c1. The number of likely N-dealkylation sites (tertiary alicyclic amines) is 1. The van der Waals surface area contributed by atoms with Crippen LogP contribution in [0.5, 0.6) is 5.75 Å². The molecule has 8 heteroatoms. The van der Waals surface area contributed by atoms with Crippen LogP contribution in [-0.4, -0.2) is 60.6 Å². The Balaban J connectivity index is 1.69. The van der Waals surface area contributed by atoms with Gasteiger partial charge in [-0.25, -0.2) is 15.4 Å². The summed E-state index contributed by atoms with van der Waals surface area (Å²) in [6, 6.07) is 7.94. The average Bonchev–Trinajstić information content (AvgIpc) is 3.48. The molecular formula is C24H34N6O2. The number of hydrazine groups is 1. The van der Waals surface area contributed by atoms with E-state index in [-0.39, 0.29) is 18.0 Å². The summed E-state index contributed by atoms with van der Waals surface area (Å²) in [6.45, 7) is 5.09. The Bertz CT molecular complexity index is 963. The van der Waals surface area contributed by atoms with Crippen molar-refractivity contribution in [2.45, 2.75) is 51.2 Å². The number of amides is 1. The number of ether oxygens (including phenoxy) is 1. The molecule has 0 radical (unpaired) electrons. The van der Waals surface area contributed by atoms with Crippen LogP contribution in [0.2, 0.25) is 0 Å². The van der Waals surface area contributed by atoms with E-state index in [1.807, 2.05) is 54.4 Å². The third-order valence-electron chi connectivity index (χ3n) is 6.47. The van der Waals surface area contributed by atoms with Crippen molar-refractivity contribution in [2.75, 3.05) is 32.6 Å². The molecular weight excluding hydrogens is 404 g/mol. The molecule has 0 bridgehead atoms. The molecule has 2 saturated heterocycles. The van der Waals surface area contributed by atoms with E-state index >= 15 is 0 Å². The van der Waals surface area contributed by atoms with Gasteiger partial charge in [0.1, 0.15) is 11.8 Å². The van der Waals surface area contributed by atoms with E-state index in [1.54, 1.807) is 7.11 Å². The molecule has 32 heavy (non-hydrogen) atoms. The summed E-state index contributed by atoms with van der Waals surface area (Å²) >= 11 is 0. The van der Waals surface area contributed by atoms with Crippen LogP contribution < -0.4 is 20.5 Å². The number of nitrogens with zero attached hydrogens (tertiary/aromatic N) is 4. The fourth-order valence-corrected chi connectivity index (χ4v) is 4.56. The van der Waals surface area contributed by atoms with Crippen LogP contribution in [0.4, 0.5) is 5.95 Å². The molecule has 3 unspecified atom stereocenters. The van der Waals surface area contributed by atoms with Crippen LogP contribution in [0.3, 0.4) is 0 Å². The Morgan fingerprint density at radius 3 is 2.78 bits per heavy atom. The topological polar surface area (TPSA) is 82.6 Å². The molecule has 0 saturated carbocycles. The highest BCUT2D eigenvalue weighted by molar-refractivity contribution is 5.83. The summed E-state index contributed by atoms with van der Waals surface area (Å²) in [5.41, 5.74) is 9.35. The predicted octanol–water partition coefficient (Wildman–Crippen LogP) is 2.77. The number of aromatic nitrogens is 2. The molecule has 2 aliphatic rings. The largest absolute Gasteiger partial charge is 0.497 e. The number of carbonyl (C=O) groups is 1. The van der Waals surface area contributed by atoms with E-state index in [9.17, 15) is 4.79 Å². The highest BCUT2D eigenvalue weighted by atomic mass is 16.5. The average molecular weight is 439 g/mol. The van der Waals surface area contributed by atoms with Gasteiger partial charge in [0, 0.05) is 38.4 Å². The summed E-state index contributed by atoms with van der Waals surface area (Å²) < 4.78 is 5.43. The minimum Gasteiger partial charge on any atom is -0.497 e. The highest BCUT2D eigenvalue weighted by Crippen LogP contribution is 2.38. The van der Waals surface area contributed by atoms with Gasteiger partial charge in [0.15, 0.2) is 0 Å². The third kappa shape index (κ3) is 4.42. The van der Waals surface area contributed by atoms with E-state index in [0.29, 0.717) is 17.9 Å². The minimum absolute atomic E-state index is 0.0784. The molecule has 2 N–H and O–H groups in total. The van der Waals surface area contributed by atoms with Crippen molar-refractivity contribution < 1.29 is 9.53 Å². The van der Waals surface area contributed by atoms with Crippen LogP contribution >= 0.6 is 0 Å². The molecule has 1 amide bonds. The number of benzene rings is 1. The van der Waals surface area contributed by atoms with Gasteiger partial charge in [0.05, 0.1) is 18.8 Å². The van der Waals surface area contributed by atoms with Gasteiger partial charge in [0.25, 0.3) is 0 Å². The third-order valence-corrected chi connectivity index (χ3v) is 6.47. The van der Waals surface area contributed by atoms with Gasteiger partial charge in [0.2, 0.25) is 11.9 Å². The van der Waals surface area contributed by atoms with Crippen molar-refractivity contribution in [3.63, 3.8) is 0 Å². The minimum atomic E-state index is -0.210. The first-order valence-corrected chi connectivity index (χ1v) is 11.4. The zero-order chi connectivity index (χ0) is 22.8. The van der Waals surface area contributed by atoms with Crippen molar-refractivity contribution in [2.24, 2.45) is 5.92 Å². The summed E-state index contributed by atoms with van der Waals surface area (Å²) in [5.74, 6) is 2.04. The number of hydrogen-bond donors (Lipinski definition) is 2. The second-order valence-corrected chi connectivity index (χ2v) is 9.21. The molecule has 0 aliphatic carbocycles. The van der Waals surface area contributed by atoms with Crippen molar-refractivity contribution in [3.8, 4) is 16.9 Å². The molecule has 3 heterocycles. The maximum Gasteiger partial charge on any atom is 0.241 e. The lowest BCUT2D eigenvalue weighted by Gasteiger charge is -2.29. The maximum absolute atomic E-state index is 13.5. The molecule has 1 aromatic carbocycles. The number of nitrogens with one attached hydrogen (secondary N) is 2. The zero-order valence-corrected chi connectivity index (χ0v) is 19.6. The van der Waals surface area contributed by atoms with Crippen LogP contribution in [0.25, 0.3) is 11.1 Å². The predicted molar refractivity (Wildman–Crippen MR) is 125 cm³/mol. The van der Waals surface area contributed by atoms with Crippen molar-refractivity contribution in [1.29, 1.82) is 0 Å². The summed E-state index contributed by atoms with van der Waals surface area (Å²) in [7, 11) is 5.53. The first-order valence-electron chi connectivity index (χ1n) is 11.4. The zero-order valence-electron chi connectivity index (χ0n) is 19.6. The Kier molecular flexibility index (Phi) is 6.62. The number of anilines is 1. The smallest absolute Gasteiger partial charge is 0.241 e. The van der Waals surface area contributed by atoms with Crippen molar-refractivity contribution >= 4 is 11.9 Å². The van der Waals surface area contributed by atoms with Crippen LogP contribution in [0, 0.1) is 5.92 Å². The van der Waals surface area contributed by atoms with E-state index in [0.717, 1.165) is 48.4 Å². The Morgan fingerprint density at radius 1 is 1.28 bits per heavy atom. The standard InChI is InChI=1S/C24H34N6O2/c1-15(2)19-13-20(28-27-19)23(31)30-11-7-10-21(30)22-18(14-25-24(26-22)29(3)4)16-8-6-9-17(12-16)32-5/h6,8-9,12,14-15,19-21,27-28H,7,10-11,13H2,1-5H3. The molecule has 4 rings (SSSR count). The Morgan fingerprint density at radius 2 is 2.09 bits per heavy atom. The highest BCUT2D eigenvalue weighted by Gasteiger charge is 2.39. The lowest BCUT2D eigenvalue weighted by Crippen LogP contribution is -2.45. The second kappa shape index (κ2) is 9.42. The molecule has 172 valence electrons. The van der Waals surface area contributed by atoms with Gasteiger partial charge in [-0.15, -0.1) is 0 Å². The van der Waals surface area contributed by atoms with E-state index in [2.05, 4.69) is 29.7 Å². The van der Waals surface area contributed by atoms with Crippen molar-refractivity contribution in [3.05, 3.63) is 36.2 Å². The van der Waals surface area contributed by atoms with Crippen LogP contribution in [-0.2, 0) is 4.79 Å². The lowest BCUT2D eigenvalue weighted by atomic mass is 9.97. The number of carbonyl (C=O) groups excluding carboxylic acids is 1. The van der Waals surface area contributed by atoms with Gasteiger partial charge in [-0.2, -0.15) is 0 Å². The first kappa shape index (κ1) is 22.5. The summed E-state index contributed by atoms with van der Waals surface area (Å²) in [5, 5.41) is 0. The Hall–Kier alpha value is -2.71. The quantitative estimate of drug-likeness (QED) is 0.718. The molecule has 2 aliphatic heterocycles. The van der Waals surface area contributed by atoms with E-state index in [1.165, 1.54) is 0 Å². The molecule has 8 nitrogen and oxygen atoms in total. The molecule has 0 spiro atoms. The summed E-state index contributed by atoms with van der Waals surface area (Å²) in [6.07, 6.45) is 4.52. The fourth-order valence-electron chi connectivity index (χ4n) is 4.56. The fraction of sp³-hybridized carbons (Fsp3) is 0.542. The van der Waals surface area contributed by atoms with Gasteiger partial charge < -0.3 is 14.5 Å². The number of hydrogen-bond acceptors (Lipinski definition) is 7. The van der Waals surface area contributed by atoms with Gasteiger partial charge in [-0.05, 0) is 42.9 Å². The molecule has 1 aromatic heterocycles.